The predicted octanol–water partition coefficient (Wildman–Crippen LogP) is 1.22. The van der Waals surface area contributed by atoms with Crippen LogP contribution in [-0.4, -0.2) is 32.4 Å². The number of nitrogens with one attached hydrogen (secondary N) is 1. The van der Waals surface area contributed by atoms with Gasteiger partial charge in [-0.1, -0.05) is 0 Å². The maximum absolute atomic E-state index is 12.5. The molecule has 1 aromatic carbocycles. The molecule has 0 fully saturated rings. The van der Waals surface area contributed by atoms with Crippen molar-refractivity contribution in [2.24, 2.45) is 7.05 Å². The van der Waals surface area contributed by atoms with Crippen LogP contribution < -0.4 is 14.2 Å². The lowest BCUT2D eigenvalue weighted by Crippen LogP contribution is -2.24. The molecule has 22 heavy (non-hydrogen) atoms. The SMILES string of the molecule is COc1ccc(OC)c(S(=O)(=O)NCc2cn(C)nc2C)c1. The molecular formula is C14H19N3O4S. The van der Waals surface area contributed by atoms with Gasteiger partial charge in [0.05, 0.1) is 19.9 Å². The lowest BCUT2D eigenvalue weighted by atomic mass is 10.3. The Kier molecular flexibility index (Phi) is 4.72. The summed E-state index contributed by atoms with van der Waals surface area (Å²) in [5, 5.41) is 4.18. The van der Waals surface area contributed by atoms with Gasteiger partial charge < -0.3 is 9.47 Å². The molecule has 8 heteroatoms. The maximum atomic E-state index is 12.5. The van der Waals surface area contributed by atoms with Crippen molar-refractivity contribution in [1.82, 2.24) is 14.5 Å². The Labute approximate surface area is 129 Å². The molecule has 0 radical (unpaired) electrons. The number of hydrogen-bond acceptors (Lipinski definition) is 5. The van der Waals surface area contributed by atoms with Crippen LogP contribution in [0.5, 0.6) is 11.5 Å². The summed E-state index contributed by atoms with van der Waals surface area (Å²) in [4.78, 5) is 0.0379. The van der Waals surface area contributed by atoms with Crippen molar-refractivity contribution < 1.29 is 17.9 Å². The minimum absolute atomic E-state index is 0.0379. The van der Waals surface area contributed by atoms with Crippen LogP contribution in [0.1, 0.15) is 11.3 Å². The largest absolute Gasteiger partial charge is 0.497 e. The summed E-state index contributed by atoms with van der Waals surface area (Å²) >= 11 is 0. The Balaban J connectivity index is 2.28. The van der Waals surface area contributed by atoms with Crippen LogP contribution in [0, 0.1) is 6.92 Å². The number of aromatic nitrogens is 2. The van der Waals surface area contributed by atoms with Gasteiger partial charge in [0.25, 0.3) is 0 Å². The third kappa shape index (κ3) is 3.40. The standard InChI is InChI=1S/C14H19N3O4S/c1-10-11(9-17(2)16-10)8-15-22(18,19)14-7-12(20-3)5-6-13(14)21-4/h5-7,9,15H,8H2,1-4H3. The summed E-state index contributed by atoms with van der Waals surface area (Å²) in [6, 6.07) is 4.63. The molecule has 0 aliphatic heterocycles. The fourth-order valence-electron chi connectivity index (χ4n) is 2.07. The third-order valence-electron chi connectivity index (χ3n) is 3.23. The molecule has 0 aliphatic carbocycles. The van der Waals surface area contributed by atoms with Crippen molar-refractivity contribution in [2.45, 2.75) is 18.4 Å². The molecule has 0 amide bonds. The highest BCUT2D eigenvalue weighted by Crippen LogP contribution is 2.28. The molecule has 2 aromatic rings. The minimum atomic E-state index is -3.73. The van der Waals surface area contributed by atoms with Crippen molar-refractivity contribution >= 4 is 10.0 Å². The van der Waals surface area contributed by atoms with E-state index in [0.29, 0.717) is 5.75 Å². The van der Waals surface area contributed by atoms with E-state index in [2.05, 4.69) is 9.82 Å². The number of sulfonamides is 1. The normalized spacial score (nSPS) is 11.5. The first kappa shape index (κ1) is 16.3. The predicted molar refractivity (Wildman–Crippen MR) is 81.5 cm³/mol. The van der Waals surface area contributed by atoms with Crippen molar-refractivity contribution in [3.63, 3.8) is 0 Å². The van der Waals surface area contributed by atoms with Gasteiger partial charge in [-0.3, -0.25) is 4.68 Å². The van der Waals surface area contributed by atoms with E-state index in [1.165, 1.54) is 20.3 Å². The summed E-state index contributed by atoms with van der Waals surface area (Å²) in [6.07, 6.45) is 1.78. The van der Waals surface area contributed by atoms with Crippen LogP contribution in [-0.2, 0) is 23.6 Å². The van der Waals surface area contributed by atoms with Gasteiger partial charge in [-0.15, -0.1) is 0 Å². The van der Waals surface area contributed by atoms with E-state index in [1.807, 2.05) is 6.92 Å². The monoisotopic (exact) mass is 325 g/mol. The molecule has 7 nitrogen and oxygen atoms in total. The summed E-state index contributed by atoms with van der Waals surface area (Å²) in [5.74, 6) is 0.704. The summed E-state index contributed by atoms with van der Waals surface area (Å²) < 4.78 is 39.4. The lowest BCUT2D eigenvalue weighted by molar-refractivity contribution is 0.392. The van der Waals surface area contributed by atoms with Gasteiger partial charge in [0.1, 0.15) is 16.4 Å². The Morgan fingerprint density at radius 2 is 2.00 bits per heavy atom. The Morgan fingerprint density at radius 1 is 1.27 bits per heavy atom. The van der Waals surface area contributed by atoms with Crippen molar-refractivity contribution in [1.29, 1.82) is 0 Å². The van der Waals surface area contributed by atoms with E-state index in [4.69, 9.17) is 9.47 Å². The van der Waals surface area contributed by atoms with Crippen LogP contribution in [0.4, 0.5) is 0 Å². The summed E-state index contributed by atoms with van der Waals surface area (Å²) in [5.41, 5.74) is 1.59. The molecule has 1 heterocycles. The van der Waals surface area contributed by atoms with Crippen LogP contribution in [0.15, 0.2) is 29.3 Å². The first-order valence-electron chi connectivity index (χ1n) is 6.58. The molecule has 1 N–H and O–H groups in total. The molecule has 120 valence electrons. The van der Waals surface area contributed by atoms with Gasteiger partial charge in [-0.05, 0) is 19.1 Å². The quantitative estimate of drug-likeness (QED) is 0.863. The Morgan fingerprint density at radius 3 is 2.55 bits per heavy atom. The molecule has 0 spiro atoms. The summed E-state index contributed by atoms with van der Waals surface area (Å²) in [7, 11) is 0.954. The molecule has 2 rings (SSSR count). The van der Waals surface area contributed by atoms with Gasteiger partial charge >= 0.3 is 0 Å². The summed E-state index contributed by atoms with van der Waals surface area (Å²) in [6.45, 7) is 1.98. The molecule has 0 aliphatic rings. The Hall–Kier alpha value is -2.06. The highest BCUT2D eigenvalue weighted by molar-refractivity contribution is 7.89. The van der Waals surface area contributed by atoms with Crippen LogP contribution in [0.2, 0.25) is 0 Å². The molecular weight excluding hydrogens is 306 g/mol. The second kappa shape index (κ2) is 6.37. The van der Waals surface area contributed by atoms with E-state index < -0.39 is 10.0 Å². The van der Waals surface area contributed by atoms with E-state index in [0.717, 1.165) is 11.3 Å². The van der Waals surface area contributed by atoms with Gasteiger partial charge in [0.2, 0.25) is 10.0 Å². The number of methoxy groups -OCH3 is 2. The van der Waals surface area contributed by atoms with Gasteiger partial charge in [-0.25, -0.2) is 13.1 Å². The zero-order chi connectivity index (χ0) is 16.3. The maximum Gasteiger partial charge on any atom is 0.244 e. The molecule has 0 bridgehead atoms. The molecule has 0 atom stereocenters. The van der Waals surface area contributed by atoms with Crippen molar-refractivity contribution in [3.05, 3.63) is 35.7 Å². The topological polar surface area (TPSA) is 82.5 Å². The zero-order valence-corrected chi connectivity index (χ0v) is 13.8. The molecule has 1 aromatic heterocycles. The molecule has 0 saturated heterocycles. The second-order valence-corrected chi connectivity index (χ2v) is 6.49. The average molecular weight is 325 g/mol. The van der Waals surface area contributed by atoms with Gasteiger partial charge in [0, 0.05) is 31.4 Å². The van der Waals surface area contributed by atoms with Gasteiger partial charge in [-0.2, -0.15) is 5.10 Å². The van der Waals surface area contributed by atoms with Crippen molar-refractivity contribution in [3.8, 4) is 11.5 Å². The molecule has 0 saturated carbocycles. The lowest BCUT2D eigenvalue weighted by Gasteiger charge is -2.12. The van der Waals surface area contributed by atoms with E-state index in [9.17, 15) is 8.42 Å². The van der Waals surface area contributed by atoms with E-state index >= 15 is 0 Å². The first-order chi connectivity index (χ1) is 10.4. The fourth-order valence-corrected chi connectivity index (χ4v) is 3.26. The number of ether oxygens (including phenoxy) is 2. The smallest absolute Gasteiger partial charge is 0.244 e. The highest BCUT2D eigenvalue weighted by atomic mass is 32.2. The number of rotatable bonds is 6. The number of hydrogen-bond donors (Lipinski definition) is 1. The Bertz CT molecular complexity index is 768. The molecule has 0 unspecified atom stereocenters. The number of benzene rings is 1. The first-order valence-corrected chi connectivity index (χ1v) is 8.06. The highest BCUT2D eigenvalue weighted by Gasteiger charge is 2.21. The van der Waals surface area contributed by atoms with E-state index in [-0.39, 0.29) is 17.2 Å². The number of aryl methyl sites for hydroxylation is 2. The minimum Gasteiger partial charge on any atom is -0.497 e. The van der Waals surface area contributed by atoms with Crippen LogP contribution in [0.25, 0.3) is 0 Å². The van der Waals surface area contributed by atoms with Crippen LogP contribution in [0.3, 0.4) is 0 Å². The number of nitrogens with zero attached hydrogens (tertiary/aromatic N) is 2. The zero-order valence-electron chi connectivity index (χ0n) is 13.0. The van der Waals surface area contributed by atoms with E-state index in [1.54, 1.807) is 30.1 Å². The van der Waals surface area contributed by atoms with Crippen LogP contribution >= 0.6 is 0 Å². The second-order valence-electron chi connectivity index (χ2n) is 4.75. The average Bonchev–Trinajstić information content (AvgIpc) is 2.82. The third-order valence-corrected chi connectivity index (χ3v) is 4.65. The fraction of sp³-hybridized carbons (Fsp3) is 0.357. The van der Waals surface area contributed by atoms with Gasteiger partial charge in [0.15, 0.2) is 0 Å². The van der Waals surface area contributed by atoms with Crippen molar-refractivity contribution in [2.75, 3.05) is 14.2 Å².